The van der Waals surface area contributed by atoms with Crippen LogP contribution in [0.2, 0.25) is 0 Å². The van der Waals surface area contributed by atoms with Gasteiger partial charge in [0.05, 0.1) is 17.2 Å². The fraction of sp³-hybridized carbons (Fsp3) is 0.200. The van der Waals surface area contributed by atoms with E-state index < -0.39 is 4.92 Å². The second-order valence-corrected chi connectivity index (χ2v) is 7.47. The summed E-state index contributed by atoms with van der Waals surface area (Å²) in [7, 11) is 1.93. The lowest BCUT2D eigenvalue weighted by Crippen LogP contribution is -2.17. The minimum atomic E-state index is -0.405. The summed E-state index contributed by atoms with van der Waals surface area (Å²) in [5.74, 6) is 1.09. The zero-order chi connectivity index (χ0) is 23.6. The highest BCUT2D eigenvalue weighted by molar-refractivity contribution is 5.64. The van der Waals surface area contributed by atoms with E-state index in [4.69, 9.17) is 4.74 Å². The molecule has 0 amide bonds. The van der Waals surface area contributed by atoms with Crippen LogP contribution in [-0.4, -0.2) is 40.0 Å². The quantitative estimate of drug-likeness (QED) is 0.173. The van der Waals surface area contributed by atoms with E-state index in [2.05, 4.69) is 28.4 Å². The first-order valence-electron chi connectivity index (χ1n) is 10.5. The van der Waals surface area contributed by atoms with Crippen LogP contribution in [0.15, 0.2) is 80.0 Å². The summed E-state index contributed by atoms with van der Waals surface area (Å²) in [4.78, 5) is 21.9. The lowest BCUT2D eigenvalue weighted by atomic mass is 10.1. The maximum Gasteiger partial charge on any atom is 0.271 e. The monoisotopic (exact) mass is 445 g/mol. The van der Waals surface area contributed by atoms with Crippen molar-refractivity contribution in [2.75, 3.05) is 25.5 Å². The fourth-order valence-electron chi connectivity index (χ4n) is 3.25. The number of non-ortho nitro benzene ring substituents is 1. The molecule has 0 bridgehead atoms. The lowest BCUT2D eigenvalue weighted by molar-refractivity contribution is -0.384. The molecule has 0 aliphatic rings. The van der Waals surface area contributed by atoms with Gasteiger partial charge in [-0.3, -0.25) is 15.0 Å². The van der Waals surface area contributed by atoms with Crippen molar-refractivity contribution < 1.29 is 9.66 Å². The normalized spacial score (nSPS) is 10.6. The number of aromatic nitrogens is 2. The molecule has 0 spiro atoms. The predicted octanol–water partition coefficient (Wildman–Crippen LogP) is 5.37. The molecular formula is C25H27N5O3. The number of anilines is 2. The van der Waals surface area contributed by atoms with Crippen LogP contribution in [0, 0.1) is 10.1 Å². The van der Waals surface area contributed by atoms with Gasteiger partial charge in [0.25, 0.3) is 5.69 Å². The van der Waals surface area contributed by atoms with E-state index in [1.165, 1.54) is 6.07 Å². The Balaban J connectivity index is 1.83. The van der Waals surface area contributed by atoms with Crippen molar-refractivity contribution in [2.24, 2.45) is 0 Å². The Morgan fingerprint density at radius 1 is 1.18 bits per heavy atom. The lowest BCUT2D eigenvalue weighted by Gasteiger charge is -2.15. The SMILES string of the molecule is C=CCCOc1cccc(-c2ccnc(Nc3cc(CN(C)CC=C)cc([N+](=O)[O-])c3)n2)c1. The van der Waals surface area contributed by atoms with Gasteiger partial charge in [-0.25, -0.2) is 9.97 Å². The minimum absolute atomic E-state index is 0.00234. The Bertz CT molecular complexity index is 1130. The molecule has 33 heavy (non-hydrogen) atoms. The highest BCUT2D eigenvalue weighted by atomic mass is 16.6. The predicted molar refractivity (Wildman–Crippen MR) is 131 cm³/mol. The first-order chi connectivity index (χ1) is 16.0. The summed E-state index contributed by atoms with van der Waals surface area (Å²) in [6, 6.07) is 14.3. The van der Waals surface area contributed by atoms with Crippen molar-refractivity contribution in [1.29, 1.82) is 0 Å². The zero-order valence-electron chi connectivity index (χ0n) is 18.6. The maximum atomic E-state index is 11.4. The molecule has 0 aliphatic carbocycles. The molecule has 8 nitrogen and oxygen atoms in total. The Morgan fingerprint density at radius 2 is 2.03 bits per heavy atom. The Kier molecular flexibility index (Phi) is 8.26. The molecule has 170 valence electrons. The number of nitrogens with zero attached hydrogens (tertiary/aromatic N) is 4. The third-order valence-electron chi connectivity index (χ3n) is 4.71. The van der Waals surface area contributed by atoms with Crippen molar-refractivity contribution in [1.82, 2.24) is 14.9 Å². The molecule has 1 heterocycles. The van der Waals surface area contributed by atoms with E-state index in [0.717, 1.165) is 23.3 Å². The van der Waals surface area contributed by atoms with Gasteiger partial charge in [-0.05, 0) is 43.3 Å². The fourth-order valence-corrected chi connectivity index (χ4v) is 3.25. The van der Waals surface area contributed by atoms with Crippen molar-refractivity contribution in [3.63, 3.8) is 0 Å². The number of nitrogens with one attached hydrogen (secondary N) is 1. The van der Waals surface area contributed by atoms with E-state index in [0.29, 0.717) is 37.0 Å². The average Bonchev–Trinajstić information content (AvgIpc) is 2.79. The first-order valence-corrected chi connectivity index (χ1v) is 10.5. The number of likely N-dealkylation sites (N-methyl/N-ethyl adjacent to an activating group) is 1. The number of ether oxygens (including phenoxy) is 1. The topological polar surface area (TPSA) is 93.4 Å². The third kappa shape index (κ3) is 6.98. The van der Waals surface area contributed by atoms with Gasteiger partial charge in [0, 0.05) is 42.7 Å². The number of nitro benzene ring substituents is 1. The number of benzene rings is 2. The summed E-state index contributed by atoms with van der Waals surface area (Å²) < 4.78 is 5.73. The summed E-state index contributed by atoms with van der Waals surface area (Å²) >= 11 is 0. The van der Waals surface area contributed by atoms with Crippen LogP contribution in [-0.2, 0) is 6.54 Å². The molecule has 0 saturated carbocycles. The number of nitro groups is 1. The van der Waals surface area contributed by atoms with Crippen molar-refractivity contribution in [3.05, 3.63) is 95.7 Å². The van der Waals surface area contributed by atoms with Gasteiger partial charge in [0.1, 0.15) is 5.75 Å². The van der Waals surface area contributed by atoms with Gasteiger partial charge in [0.2, 0.25) is 5.95 Å². The average molecular weight is 446 g/mol. The molecule has 0 atom stereocenters. The largest absolute Gasteiger partial charge is 0.493 e. The maximum absolute atomic E-state index is 11.4. The van der Waals surface area contributed by atoms with E-state index in [-0.39, 0.29) is 5.69 Å². The van der Waals surface area contributed by atoms with Crippen molar-refractivity contribution >= 4 is 17.3 Å². The zero-order valence-corrected chi connectivity index (χ0v) is 18.6. The molecule has 0 radical (unpaired) electrons. The molecule has 0 unspecified atom stereocenters. The summed E-state index contributed by atoms with van der Waals surface area (Å²) in [6.07, 6.45) is 6.00. The van der Waals surface area contributed by atoms with E-state index in [9.17, 15) is 10.1 Å². The molecule has 3 aromatic rings. The van der Waals surface area contributed by atoms with Crippen LogP contribution in [0.3, 0.4) is 0 Å². The number of rotatable bonds is 12. The summed E-state index contributed by atoms with van der Waals surface area (Å²) in [5.41, 5.74) is 2.93. The highest BCUT2D eigenvalue weighted by Crippen LogP contribution is 2.26. The first kappa shape index (κ1) is 23.6. The van der Waals surface area contributed by atoms with Gasteiger partial charge >= 0.3 is 0 Å². The molecule has 0 fully saturated rings. The Morgan fingerprint density at radius 3 is 2.79 bits per heavy atom. The standard InChI is InChI=1S/C25H27N5O3/c1-4-6-13-33-23-9-7-8-20(16-23)24-10-11-26-25(28-24)27-21-14-19(18-29(3)12-5-2)15-22(17-21)30(31)32/h4-5,7-11,14-17H,1-2,6,12-13,18H2,3H3,(H,26,27,28). The molecule has 1 aromatic heterocycles. The van der Waals surface area contributed by atoms with Crippen LogP contribution >= 0.6 is 0 Å². The smallest absolute Gasteiger partial charge is 0.271 e. The van der Waals surface area contributed by atoms with E-state index >= 15 is 0 Å². The van der Waals surface area contributed by atoms with Gasteiger partial charge in [0.15, 0.2) is 0 Å². The van der Waals surface area contributed by atoms with Gasteiger partial charge in [-0.15, -0.1) is 13.2 Å². The summed E-state index contributed by atoms with van der Waals surface area (Å²) in [5, 5.41) is 14.5. The van der Waals surface area contributed by atoms with Gasteiger partial charge in [-0.1, -0.05) is 24.3 Å². The minimum Gasteiger partial charge on any atom is -0.493 e. The van der Waals surface area contributed by atoms with E-state index in [1.807, 2.05) is 48.4 Å². The van der Waals surface area contributed by atoms with Crippen LogP contribution < -0.4 is 10.1 Å². The molecule has 3 rings (SSSR count). The Hall–Kier alpha value is -4.04. The molecule has 0 saturated heterocycles. The molecule has 2 aromatic carbocycles. The van der Waals surface area contributed by atoms with Crippen molar-refractivity contribution in [3.8, 4) is 17.0 Å². The number of hydrogen-bond donors (Lipinski definition) is 1. The molecular weight excluding hydrogens is 418 g/mol. The van der Waals surface area contributed by atoms with Gasteiger partial charge < -0.3 is 10.1 Å². The van der Waals surface area contributed by atoms with Crippen LogP contribution in [0.1, 0.15) is 12.0 Å². The second-order valence-electron chi connectivity index (χ2n) is 7.47. The summed E-state index contributed by atoms with van der Waals surface area (Å²) in [6.45, 7) is 9.20. The van der Waals surface area contributed by atoms with Crippen LogP contribution in [0.5, 0.6) is 5.75 Å². The third-order valence-corrected chi connectivity index (χ3v) is 4.71. The molecule has 8 heteroatoms. The Labute approximate surface area is 193 Å². The van der Waals surface area contributed by atoms with E-state index in [1.54, 1.807) is 24.4 Å². The molecule has 1 N–H and O–H groups in total. The van der Waals surface area contributed by atoms with Crippen molar-refractivity contribution in [2.45, 2.75) is 13.0 Å². The second kappa shape index (κ2) is 11.5. The molecule has 0 aliphatic heterocycles. The number of hydrogen-bond acceptors (Lipinski definition) is 7. The highest BCUT2D eigenvalue weighted by Gasteiger charge is 2.12. The van der Waals surface area contributed by atoms with Crippen LogP contribution in [0.4, 0.5) is 17.3 Å². The van der Waals surface area contributed by atoms with Crippen LogP contribution in [0.25, 0.3) is 11.3 Å². The van der Waals surface area contributed by atoms with Gasteiger partial charge in [-0.2, -0.15) is 0 Å².